The first-order chi connectivity index (χ1) is 9.88. The quantitative estimate of drug-likeness (QED) is 0.759. The minimum Gasteiger partial charge on any atom is -0.488 e. The number of hydrogen-bond acceptors (Lipinski definition) is 4. The summed E-state index contributed by atoms with van der Waals surface area (Å²) < 4.78 is 30.6. The average Bonchev–Trinajstić information content (AvgIpc) is 2.80. The van der Waals surface area contributed by atoms with Crippen LogP contribution in [0.25, 0.3) is 0 Å². The average molecular weight is 312 g/mol. The van der Waals surface area contributed by atoms with Crippen molar-refractivity contribution in [1.29, 1.82) is 0 Å². The van der Waals surface area contributed by atoms with Gasteiger partial charge in [-0.15, -0.1) is 0 Å². The van der Waals surface area contributed by atoms with Gasteiger partial charge >= 0.3 is 0 Å². The summed E-state index contributed by atoms with van der Waals surface area (Å²) in [5.74, 6) is 1.17. The van der Waals surface area contributed by atoms with Crippen LogP contribution in [-0.4, -0.2) is 63.7 Å². The Morgan fingerprint density at radius 3 is 2.62 bits per heavy atom. The van der Waals surface area contributed by atoms with Crippen LogP contribution >= 0.6 is 0 Å². The van der Waals surface area contributed by atoms with E-state index in [1.807, 2.05) is 25.2 Å². The fourth-order valence-corrected chi connectivity index (χ4v) is 3.35. The van der Waals surface area contributed by atoms with Gasteiger partial charge in [-0.05, 0) is 31.6 Å². The van der Waals surface area contributed by atoms with Gasteiger partial charge in [0.25, 0.3) is 0 Å². The van der Waals surface area contributed by atoms with Gasteiger partial charge in [0.05, 0.1) is 5.75 Å². The van der Waals surface area contributed by atoms with Crippen molar-refractivity contribution < 1.29 is 13.2 Å². The fourth-order valence-electron chi connectivity index (χ4n) is 2.49. The number of rotatable bonds is 7. The zero-order valence-electron chi connectivity index (χ0n) is 12.9. The largest absolute Gasteiger partial charge is 0.488 e. The summed E-state index contributed by atoms with van der Waals surface area (Å²) in [7, 11) is 2.06. The minimum atomic E-state index is -3.09. The molecule has 1 aliphatic rings. The van der Waals surface area contributed by atoms with Crippen LogP contribution in [0.5, 0.6) is 5.75 Å². The van der Waals surface area contributed by atoms with Gasteiger partial charge in [0, 0.05) is 27.1 Å². The normalized spacial score (nSPS) is 18.0. The third-order valence-electron chi connectivity index (χ3n) is 3.73. The third kappa shape index (κ3) is 4.43. The Labute approximate surface area is 127 Å². The Kier molecular flexibility index (Phi) is 5.24. The predicted molar refractivity (Wildman–Crippen MR) is 84.1 cm³/mol. The van der Waals surface area contributed by atoms with Crippen LogP contribution in [0.15, 0.2) is 24.3 Å². The lowest BCUT2D eigenvalue weighted by molar-refractivity contribution is 0.169. The number of likely N-dealkylation sites (N-methyl/N-ethyl adjacent to an activating group) is 1. The van der Waals surface area contributed by atoms with Gasteiger partial charge in [0.15, 0.2) is 0 Å². The molecule has 6 heteroatoms. The first kappa shape index (κ1) is 16.3. The maximum atomic E-state index is 11.7. The fraction of sp³-hybridized carbons (Fsp3) is 0.600. The van der Waals surface area contributed by atoms with Crippen LogP contribution in [0.2, 0.25) is 0 Å². The Bertz CT molecular complexity index is 547. The highest BCUT2D eigenvalue weighted by molar-refractivity contribution is 7.89. The molecule has 0 saturated carbocycles. The number of nitrogens with zero attached hydrogens (tertiary/aromatic N) is 2. The van der Waals surface area contributed by atoms with Gasteiger partial charge in [-0.25, -0.2) is 12.7 Å². The van der Waals surface area contributed by atoms with Crippen LogP contribution in [0, 0.1) is 0 Å². The molecule has 0 N–H and O–H groups in total. The van der Waals surface area contributed by atoms with Crippen molar-refractivity contribution >= 4 is 10.0 Å². The molecule has 1 aromatic carbocycles. The molecule has 0 aliphatic carbocycles. The Morgan fingerprint density at radius 1 is 1.24 bits per heavy atom. The van der Waals surface area contributed by atoms with E-state index < -0.39 is 10.0 Å². The van der Waals surface area contributed by atoms with Crippen molar-refractivity contribution in [3.05, 3.63) is 29.8 Å². The summed E-state index contributed by atoms with van der Waals surface area (Å²) in [4.78, 5) is 2.14. The van der Waals surface area contributed by atoms with Gasteiger partial charge < -0.3 is 9.64 Å². The summed E-state index contributed by atoms with van der Waals surface area (Å²) in [5, 5.41) is 0. The molecule has 1 heterocycles. The van der Waals surface area contributed by atoms with E-state index in [2.05, 4.69) is 11.0 Å². The molecule has 1 atom stereocenters. The van der Waals surface area contributed by atoms with Crippen molar-refractivity contribution in [3.63, 3.8) is 0 Å². The molecule has 21 heavy (non-hydrogen) atoms. The highest BCUT2D eigenvalue weighted by Crippen LogP contribution is 2.28. The van der Waals surface area contributed by atoms with E-state index in [1.54, 1.807) is 14.1 Å². The molecule has 0 amide bonds. The summed E-state index contributed by atoms with van der Waals surface area (Å²) in [5.41, 5.74) is 1.26. The van der Waals surface area contributed by atoms with Gasteiger partial charge in [-0.2, -0.15) is 0 Å². The molecule has 5 nitrogen and oxygen atoms in total. The van der Waals surface area contributed by atoms with Gasteiger partial charge in [0.2, 0.25) is 10.0 Å². The highest BCUT2D eigenvalue weighted by Gasteiger charge is 2.23. The van der Waals surface area contributed by atoms with Crippen LogP contribution < -0.4 is 4.74 Å². The van der Waals surface area contributed by atoms with E-state index in [9.17, 15) is 8.42 Å². The van der Waals surface area contributed by atoms with Crippen LogP contribution in [0.1, 0.15) is 12.0 Å². The Balaban J connectivity index is 1.73. The number of ether oxygens (including phenoxy) is 1. The van der Waals surface area contributed by atoms with E-state index in [0.717, 1.165) is 25.3 Å². The molecule has 0 spiro atoms. The van der Waals surface area contributed by atoms with E-state index in [-0.39, 0.29) is 11.9 Å². The first-order valence-electron chi connectivity index (χ1n) is 7.22. The van der Waals surface area contributed by atoms with E-state index in [0.29, 0.717) is 6.42 Å². The molecule has 2 rings (SSSR count). The number of sulfonamides is 1. The molecule has 0 saturated heterocycles. The molecule has 0 bridgehead atoms. The van der Waals surface area contributed by atoms with E-state index >= 15 is 0 Å². The van der Waals surface area contributed by atoms with Crippen LogP contribution in [0.3, 0.4) is 0 Å². The van der Waals surface area contributed by atoms with Crippen molar-refractivity contribution in [2.24, 2.45) is 0 Å². The SMILES string of the molecule is CN(CCCS(=O)(=O)N(C)C)C[C@@H]1Cc2ccccc2O1. The molecular formula is C15H24N2O3S. The lowest BCUT2D eigenvalue weighted by atomic mass is 10.1. The molecule has 1 aromatic rings. The lowest BCUT2D eigenvalue weighted by Crippen LogP contribution is -2.34. The molecule has 1 aliphatic heterocycles. The highest BCUT2D eigenvalue weighted by atomic mass is 32.2. The second-order valence-corrected chi connectivity index (χ2v) is 8.07. The number of para-hydroxylation sites is 1. The maximum Gasteiger partial charge on any atom is 0.213 e. The van der Waals surface area contributed by atoms with Gasteiger partial charge in [0.1, 0.15) is 11.9 Å². The maximum absolute atomic E-state index is 11.7. The monoisotopic (exact) mass is 312 g/mol. The first-order valence-corrected chi connectivity index (χ1v) is 8.83. The summed E-state index contributed by atoms with van der Waals surface area (Å²) in [6, 6.07) is 8.11. The van der Waals surface area contributed by atoms with Crippen molar-refractivity contribution in [2.45, 2.75) is 18.9 Å². The minimum absolute atomic E-state index is 0.165. The molecule has 0 unspecified atom stereocenters. The number of fused-ring (bicyclic) bond motifs is 1. The van der Waals surface area contributed by atoms with Crippen LogP contribution in [0.4, 0.5) is 0 Å². The van der Waals surface area contributed by atoms with E-state index in [4.69, 9.17) is 4.74 Å². The summed E-state index contributed by atoms with van der Waals surface area (Å²) in [6.07, 6.45) is 1.73. The summed E-state index contributed by atoms with van der Waals surface area (Å²) >= 11 is 0. The van der Waals surface area contributed by atoms with E-state index in [1.165, 1.54) is 9.87 Å². The molecule has 0 fully saturated rings. The number of benzene rings is 1. The van der Waals surface area contributed by atoms with Crippen molar-refractivity contribution in [3.8, 4) is 5.75 Å². The van der Waals surface area contributed by atoms with Crippen LogP contribution in [-0.2, 0) is 16.4 Å². The second kappa shape index (κ2) is 6.77. The Hall–Kier alpha value is -1.11. The van der Waals surface area contributed by atoms with Crippen molar-refractivity contribution in [2.75, 3.05) is 40.0 Å². The van der Waals surface area contributed by atoms with Gasteiger partial charge in [-0.1, -0.05) is 18.2 Å². The van der Waals surface area contributed by atoms with Crippen molar-refractivity contribution in [1.82, 2.24) is 9.21 Å². The Morgan fingerprint density at radius 2 is 1.95 bits per heavy atom. The molecular weight excluding hydrogens is 288 g/mol. The lowest BCUT2D eigenvalue weighted by Gasteiger charge is -2.21. The topological polar surface area (TPSA) is 49.9 Å². The molecule has 118 valence electrons. The number of hydrogen-bond donors (Lipinski definition) is 0. The molecule has 0 radical (unpaired) electrons. The zero-order chi connectivity index (χ0) is 15.5. The third-order valence-corrected chi connectivity index (χ3v) is 5.64. The molecule has 0 aromatic heterocycles. The standard InChI is InChI=1S/C15H24N2O3S/c1-16(2)21(18,19)10-6-9-17(3)12-14-11-13-7-4-5-8-15(13)20-14/h4-5,7-8,14H,6,9-12H2,1-3H3/t14-/m0/s1. The smallest absolute Gasteiger partial charge is 0.213 e. The summed E-state index contributed by atoms with van der Waals surface area (Å²) in [6.45, 7) is 1.57. The zero-order valence-corrected chi connectivity index (χ0v) is 13.8. The van der Waals surface area contributed by atoms with Gasteiger partial charge in [-0.3, -0.25) is 0 Å². The predicted octanol–water partition coefficient (Wildman–Crippen LogP) is 1.20. The second-order valence-electron chi connectivity index (χ2n) is 5.77.